The summed E-state index contributed by atoms with van der Waals surface area (Å²) in [7, 11) is -2.27. The van der Waals surface area contributed by atoms with E-state index in [9.17, 15) is 8.42 Å². The molecule has 0 fully saturated rings. The Balaban J connectivity index is 3.10. The van der Waals surface area contributed by atoms with Crippen LogP contribution >= 0.6 is 39.1 Å². The third kappa shape index (κ3) is 4.86. The monoisotopic (exact) mass is 403 g/mol. The zero-order valence-electron chi connectivity index (χ0n) is 11.1. The number of hydrogen-bond acceptors (Lipinski definition) is 3. The summed E-state index contributed by atoms with van der Waals surface area (Å²) in [5.74, 6) is 0. The van der Waals surface area contributed by atoms with Crippen molar-refractivity contribution < 1.29 is 13.2 Å². The fourth-order valence-corrected chi connectivity index (χ4v) is 4.98. The first-order valence-electron chi connectivity index (χ1n) is 5.97. The normalized spacial score (nSPS) is 13.4. The summed E-state index contributed by atoms with van der Waals surface area (Å²) < 4.78 is 33.0. The minimum Gasteiger partial charge on any atom is -0.383 e. The number of rotatable bonds is 7. The molecule has 0 radical (unpaired) electrons. The smallest absolute Gasteiger partial charge is 0.243 e. The third-order valence-electron chi connectivity index (χ3n) is 2.56. The second kappa shape index (κ2) is 7.96. The molecule has 0 amide bonds. The van der Waals surface area contributed by atoms with Crippen LogP contribution in [0.5, 0.6) is 0 Å². The van der Waals surface area contributed by atoms with Crippen LogP contribution in [-0.4, -0.2) is 28.2 Å². The van der Waals surface area contributed by atoms with Gasteiger partial charge in [-0.05, 0) is 18.6 Å². The van der Waals surface area contributed by atoms with E-state index in [0.717, 1.165) is 6.42 Å². The van der Waals surface area contributed by atoms with Gasteiger partial charge in [-0.1, -0.05) is 52.5 Å². The zero-order valence-corrected chi connectivity index (χ0v) is 15.0. The summed E-state index contributed by atoms with van der Waals surface area (Å²) in [6.45, 7) is 2.26. The fourth-order valence-electron chi connectivity index (χ4n) is 1.79. The van der Waals surface area contributed by atoms with Crippen LogP contribution in [0.1, 0.15) is 19.8 Å². The summed E-state index contributed by atoms with van der Waals surface area (Å²) in [5, 5.41) is 0.147. The number of halogens is 3. The number of methoxy groups -OCH3 is 1. The largest absolute Gasteiger partial charge is 0.383 e. The van der Waals surface area contributed by atoms with E-state index in [1.807, 2.05) is 6.92 Å². The van der Waals surface area contributed by atoms with Crippen molar-refractivity contribution in [1.29, 1.82) is 0 Å². The van der Waals surface area contributed by atoms with Crippen molar-refractivity contribution in [3.8, 4) is 0 Å². The van der Waals surface area contributed by atoms with Gasteiger partial charge < -0.3 is 4.74 Å². The Hall–Kier alpha value is 0.150. The van der Waals surface area contributed by atoms with Crippen LogP contribution in [0, 0.1) is 0 Å². The van der Waals surface area contributed by atoms with Crippen molar-refractivity contribution in [3.05, 3.63) is 26.7 Å². The highest BCUT2D eigenvalue weighted by molar-refractivity contribution is 9.10. The maximum Gasteiger partial charge on any atom is 0.243 e. The molecule has 0 saturated carbocycles. The first kappa shape index (κ1) is 18.2. The Morgan fingerprint density at radius 3 is 2.35 bits per heavy atom. The van der Waals surface area contributed by atoms with Gasteiger partial charge in [0.05, 0.1) is 16.7 Å². The van der Waals surface area contributed by atoms with Crippen molar-refractivity contribution in [2.45, 2.75) is 30.7 Å². The molecule has 0 saturated heterocycles. The van der Waals surface area contributed by atoms with E-state index in [4.69, 9.17) is 27.9 Å². The standard InChI is InChI=1S/C12H16BrCl2NO3S/c1-3-4-9(7-19-2)16-20(17,18)12-10(14)5-8(13)6-11(12)15/h5-6,9,16H,3-4,7H2,1-2H3. The molecule has 0 aliphatic carbocycles. The molecule has 0 aromatic heterocycles. The Labute approximate surface area is 138 Å². The average Bonchev–Trinajstić information content (AvgIpc) is 2.26. The van der Waals surface area contributed by atoms with E-state index < -0.39 is 10.0 Å². The van der Waals surface area contributed by atoms with E-state index in [2.05, 4.69) is 20.7 Å². The number of hydrogen-bond donors (Lipinski definition) is 1. The maximum atomic E-state index is 12.4. The number of nitrogens with one attached hydrogen (secondary N) is 1. The minimum atomic E-state index is -3.80. The topological polar surface area (TPSA) is 55.4 Å². The Kier molecular flexibility index (Phi) is 7.24. The van der Waals surface area contributed by atoms with Crippen molar-refractivity contribution in [2.75, 3.05) is 13.7 Å². The van der Waals surface area contributed by atoms with Crippen LogP contribution in [0.4, 0.5) is 0 Å². The van der Waals surface area contributed by atoms with Crippen molar-refractivity contribution in [2.24, 2.45) is 0 Å². The highest BCUT2D eigenvalue weighted by Gasteiger charge is 2.25. The first-order valence-corrected chi connectivity index (χ1v) is 9.00. The molecule has 0 bridgehead atoms. The molecule has 1 unspecified atom stereocenters. The van der Waals surface area contributed by atoms with Crippen LogP contribution < -0.4 is 4.72 Å². The number of benzene rings is 1. The van der Waals surface area contributed by atoms with Gasteiger partial charge in [-0.3, -0.25) is 0 Å². The summed E-state index contributed by atoms with van der Waals surface area (Å²) in [4.78, 5) is -0.110. The van der Waals surface area contributed by atoms with Gasteiger partial charge >= 0.3 is 0 Å². The molecule has 1 atom stereocenters. The summed E-state index contributed by atoms with van der Waals surface area (Å²) in [6, 6.07) is 2.67. The Bertz CT molecular complexity index is 537. The van der Waals surface area contributed by atoms with Crippen molar-refractivity contribution in [1.82, 2.24) is 4.72 Å². The summed E-state index contributed by atoms with van der Waals surface area (Å²) in [5.41, 5.74) is 0. The Morgan fingerprint density at radius 1 is 1.35 bits per heavy atom. The fraction of sp³-hybridized carbons (Fsp3) is 0.500. The number of sulfonamides is 1. The first-order chi connectivity index (χ1) is 9.31. The lowest BCUT2D eigenvalue weighted by molar-refractivity contribution is 0.171. The van der Waals surface area contributed by atoms with E-state index in [1.165, 1.54) is 19.2 Å². The predicted molar refractivity (Wildman–Crippen MR) is 85.1 cm³/mol. The van der Waals surface area contributed by atoms with Crippen LogP contribution in [0.2, 0.25) is 10.0 Å². The Morgan fingerprint density at radius 2 is 1.90 bits per heavy atom. The van der Waals surface area contributed by atoms with Crippen LogP contribution in [0.25, 0.3) is 0 Å². The molecule has 0 spiro atoms. The van der Waals surface area contributed by atoms with Gasteiger partial charge in [0.25, 0.3) is 0 Å². The van der Waals surface area contributed by atoms with Crippen molar-refractivity contribution in [3.63, 3.8) is 0 Å². The highest BCUT2D eigenvalue weighted by atomic mass is 79.9. The zero-order chi connectivity index (χ0) is 15.3. The maximum absolute atomic E-state index is 12.4. The lowest BCUT2D eigenvalue weighted by atomic mass is 10.2. The van der Waals surface area contributed by atoms with E-state index in [0.29, 0.717) is 17.5 Å². The van der Waals surface area contributed by atoms with Gasteiger partial charge in [0, 0.05) is 17.6 Å². The molecule has 0 aliphatic rings. The molecule has 20 heavy (non-hydrogen) atoms. The van der Waals surface area contributed by atoms with Gasteiger partial charge in [0.1, 0.15) is 4.90 Å². The quantitative estimate of drug-likeness (QED) is 0.750. The number of ether oxygens (including phenoxy) is 1. The highest BCUT2D eigenvalue weighted by Crippen LogP contribution is 2.32. The predicted octanol–water partition coefficient (Wildman–Crippen LogP) is 3.85. The summed E-state index contributed by atoms with van der Waals surface area (Å²) >= 11 is 15.2. The third-order valence-corrected chi connectivity index (χ3v) is 5.46. The van der Waals surface area contributed by atoms with Crippen molar-refractivity contribution >= 4 is 49.2 Å². The van der Waals surface area contributed by atoms with Gasteiger partial charge in [0.2, 0.25) is 10.0 Å². The second-order valence-corrected chi connectivity index (χ2v) is 7.64. The van der Waals surface area contributed by atoms with Crippen LogP contribution in [0.15, 0.2) is 21.5 Å². The molecule has 1 aromatic carbocycles. The van der Waals surface area contributed by atoms with Crippen LogP contribution in [-0.2, 0) is 14.8 Å². The van der Waals surface area contributed by atoms with Crippen LogP contribution in [0.3, 0.4) is 0 Å². The van der Waals surface area contributed by atoms with Gasteiger partial charge in [0.15, 0.2) is 0 Å². The molecule has 0 heterocycles. The molecular formula is C12H16BrCl2NO3S. The van der Waals surface area contributed by atoms with Gasteiger partial charge in [-0.15, -0.1) is 0 Å². The minimum absolute atomic E-state index is 0.0736. The van der Waals surface area contributed by atoms with E-state index in [-0.39, 0.29) is 21.0 Å². The SMILES string of the molecule is CCCC(COC)NS(=O)(=O)c1c(Cl)cc(Br)cc1Cl. The average molecular weight is 405 g/mol. The molecule has 1 N–H and O–H groups in total. The lowest BCUT2D eigenvalue weighted by Crippen LogP contribution is -2.38. The summed E-state index contributed by atoms with van der Waals surface area (Å²) in [6.07, 6.45) is 1.50. The lowest BCUT2D eigenvalue weighted by Gasteiger charge is -2.18. The molecule has 1 rings (SSSR count). The van der Waals surface area contributed by atoms with E-state index >= 15 is 0 Å². The van der Waals surface area contributed by atoms with Gasteiger partial charge in [-0.2, -0.15) is 0 Å². The molecule has 4 nitrogen and oxygen atoms in total. The molecule has 1 aromatic rings. The molecule has 114 valence electrons. The second-order valence-electron chi connectivity index (χ2n) is 4.26. The van der Waals surface area contributed by atoms with Gasteiger partial charge in [-0.25, -0.2) is 13.1 Å². The molecule has 8 heteroatoms. The molecule has 0 aliphatic heterocycles. The molecular weight excluding hydrogens is 389 g/mol. The van der Waals surface area contributed by atoms with E-state index in [1.54, 1.807) is 0 Å².